The highest BCUT2D eigenvalue weighted by atomic mass is 35.5. The molecule has 0 saturated heterocycles. The molecule has 0 saturated carbocycles. The standard InChI is InChI=1S/C27H16ClF5N4O4/c28-16-3-1-11(29)7-13(16)23-20-17(9-14-19(38)5-6-34-22(14)21(20)24(39)36-23)35-25(40)37-10-26(41,27(31,32)33)15-8-12(30)2-4-18(15)37/h1-9,23,41H,10H2,(H,34,38)(H,35,40)(H,36,39). The van der Waals surface area contributed by atoms with Crippen molar-refractivity contribution in [2.24, 2.45) is 0 Å². The van der Waals surface area contributed by atoms with Gasteiger partial charge in [-0.1, -0.05) is 11.6 Å². The number of aromatic nitrogens is 1. The molecule has 6 rings (SSSR count). The Kier molecular flexibility index (Phi) is 5.87. The number of carbonyl (C=O) groups is 2. The number of nitrogens with zero attached hydrogens (tertiary/aromatic N) is 2. The summed E-state index contributed by atoms with van der Waals surface area (Å²) in [5.74, 6) is -2.75. The van der Waals surface area contributed by atoms with Crippen molar-refractivity contribution in [1.29, 1.82) is 0 Å². The quantitative estimate of drug-likeness (QED) is 0.230. The summed E-state index contributed by atoms with van der Waals surface area (Å²) in [6, 6.07) is 5.87. The van der Waals surface area contributed by atoms with Gasteiger partial charge in [-0.3, -0.25) is 14.7 Å². The zero-order valence-corrected chi connectivity index (χ0v) is 21.1. The minimum absolute atomic E-state index is 0.0263. The van der Waals surface area contributed by atoms with Crippen molar-refractivity contribution in [2.45, 2.75) is 17.8 Å². The Hall–Kier alpha value is -4.49. The molecule has 0 bridgehead atoms. The smallest absolute Gasteiger partial charge is 0.423 e. The number of aromatic hydroxyl groups is 1. The average molecular weight is 591 g/mol. The summed E-state index contributed by atoms with van der Waals surface area (Å²) in [6.45, 7) is -1.29. The minimum atomic E-state index is -5.26. The molecule has 4 aromatic rings. The summed E-state index contributed by atoms with van der Waals surface area (Å²) in [6.07, 6.45) is -4.02. The summed E-state index contributed by atoms with van der Waals surface area (Å²) in [7, 11) is 0. The zero-order valence-electron chi connectivity index (χ0n) is 20.4. The third kappa shape index (κ3) is 4.03. The van der Waals surface area contributed by atoms with E-state index in [0.29, 0.717) is 11.0 Å². The van der Waals surface area contributed by atoms with Crippen molar-refractivity contribution in [2.75, 3.05) is 16.8 Å². The normalized spacial score (nSPS) is 19.7. The van der Waals surface area contributed by atoms with E-state index < -0.39 is 59.2 Å². The van der Waals surface area contributed by atoms with Gasteiger partial charge in [0, 0.05) is 39.0 Å². The summed E-state index contributed by atoms with van der Waals surface area (Å²) in [5, 5.41) is 26.2. The molecule has 41 heavy (non-hydrogen) atoms. The number of benzene rings is 3. The van der Waals surface area contributed by atoms with Crippen LogP contribution in [0.25, 0.3) is 10.9 Å². The first-order chi connectivity index (χ1) is 19.3. The lowest BCUT2D eigenvalue weighted by Crippen LogP contribution is -2.48. The second-order valence-corrected chi connectivity index (χ2v) is 9.95. The molecule has 2 atom stereocenters. The van der Waals surface area contributed by atoms with E-state index in [-0.39, 0.29) is 44.1 Å². The Morgan fingerprint density at radius 3 is 2.56 bits per heavy atom. The van der Waals surface area contributed by atoms with Crippen molar-refractivity contribution in [1.82, 2.24) is 10.3 Å². The van der Waals surface area contributed by atoms with Crippen LogP contribution in [-0.4, -0.2) is 39.9 Å². The molecule has 3 heterocycles. The van der Waals surface area contributed by atoms with Crippen LogP contribution >= 0.6 is 11.6 Å². The van der Waals surface area contributed by atoms with Crippen LogP contribution in [0.15, 0.2) is 54.7 Å². The van der Waals surface area contributed by atoms with Gasteiger partial charge in [0.1, 0.15) is 17.4 Å². The molecule has 14 heteroatoms. The number of nitrogens with one attached hydrogen (secondary N) is 2. The van der Waals surface area contributed by atoms with E-state index >= 15 is 0 Å². The van der Waals surface area contributed by atoms with Crippen molar-refractivity contribution in [3.8, 4) is 5.75 Å². The van der Waals surface area contributed by atoms with Crippen LogP contribution < -0.4 is 15.5 Å². The SMILES string of the molecule is O=C1NC(c2cc(F)ccc2Cl)c2c(NC(=O)N3CC(O)(C(F)(F)F)c4cc(F)ccc43)cc3c(O)ccnc3c21. The fourth-order valence-electron chi connectivity index (χ4n) is 5.25. The fourth-order valence-corrected chi connectivity index (χ4v) is 5.47. The highest BCUT2D eigenvalue weighted by Crippen LogP contribution is 2.49. The monoisotopic (exact) mass is 590 g/mol. The maximum absolute atomic E-state index is 14.2. The molecule has 0 fully saturated rings. The lowest BCUT2D eigenvalue weighted by atomic mass is 9.94. The lowest BCUT2D eigenvalue weighted by molar-refractivity contribution is -0.258. The molecule has 8 nitrogen and oxygen atoms in total. The average Bonchev–Trinajstić information content (AvgIpc) is 3.41. The van der Waals surface area contributed by atoms with Crippen LogP contribution in [0.4, 0.5) is 38.1 Å². The van der Waals surface area contributed by atoms with Crippen LogP contribution in [0, 0.1) is 11.6 Å². The van der Waals surface area contributed by atoms with E-state index in [1.54, 1.807) is 0 Å². The molecular formula is C27H16ClF5N4O4. The van der Waals surface area contributed by atoms with E-state index in [0.717, 1.165) is 24.3 Å². The summed E-state index contributed by atoms with van der Waals surface area (Å²) in [4.78, 5) is 31.4. The molecule has 4 N–H and O–H groups in total. The van der Waals surface area contributed by atoms with E-state index in [9.17, 15) is 41.8 Å². The summed E-state index contributed by atoms with van der Waals surface area (Å²) >= 11 is 6.30. The van der Waals surface area contributed by atoms with Gasteiger partial charge in [0.2, 0.25) is 5.60 Å². The molecule has 2 unspecified atom stereocenters. The zero-order chi connectivity index (χ0) is 29.4. The van der Waals surface area contributed by atoms with Gasteiger partial charge in [0.15, 0.2) is 0 Å². The molecule has 0 spiro atoms. The molecular weight excluding hydrogens is 575 g/mol. The van der Waals surface area contributed by atoms with E-state index in [1.807, 2.05) is 0 Å². The number of aliphatic hydroxyl groups is 1. The van der Waals surface area contributed by atoms with Crippen LogP contribution in [0.3, 0.4) is 0 Å². The second-order valence-electron chi connectivity index (χ2n) is 9.55. The van der Waals surface area contributed by atoms with E-state index in [4.69, 9.17) is 11.6 Å². The summed E-state index contributed by atoms with van der Waals surface area (Å²) in [5.41, 5.74) is -4.83. The lowest BCUT2D eigenvalue weighted by Gasteiger charge is -2.27. The molecule has 2 aliphatic rings. The van der Waals surface area contributed by atoms with Gasteiger partial charge in [0.05, 0.1) is 29.4 Å². The minimum Gasteiger partial charge on any atom is -0.507 e. The third-order valence-electron chi connectivity index (χ3n) is 7.15. The highest BCUT2D eigenvalue weighted by Gasteiger charge is 2.61. The van der Waals surface area contributed by atoms with Gasteiger partial charge in [-0.15, -0.1) is 0 Å². The molecule has 3 aromatic carbocycles. The molecule has 0 radical (unpaired) electrons. The molecule has 2 aliphatic heterocycles. The third-order valence-corrected chi connectivity index (χ3v) is 7.49. The van der Waals surface area contributed by atoms with Crippen LogP contribution in [0.5, 0.6) is 5.75 Å². The first-order valence-corrected chi connectivity index (χ1v) is 12.3. The van der Waals surface area contributed by atoms with Gasteiger partial charge in [-0.25, -0.2) is 13.6 Å². The van der Waals surface area contributed by atoms with Crippen LogP contribution in [0.1, 0.15) is 33.1 Å². The molecule has 3 amide bonds. The Bertz CT molecular complexity index is 1800. The van der Waals surface area contributed by atoms with Gasteiger partial charge in [-0.05, 0) is 48.5 Å². The predicted octanol–water partition coefficient (Wildman–Crippen LogP) is 5.51. The second kappa shape index (κ2) is 9.01. The highest BCUT2D eigenvalue weighted by molar-refractivity contribution is 6.31. The number of β-amino-alcohol motifs (C(OH)–C–C–N with tert-alkyl or cyclic N) is 1. The first kappa shape index (κ1) is 26.7. The Balaban J connectivity index is 1.51. The van der Waals surface area contributed by atoms with Gasteiger partial charge in [0.25, 0.3) is 5.91 Å². The Morgan fingerprint density at radius 1 is 1.12 bits per heavy atom. The number of hydrogen-bond donors (Lipinski definition) is 4. The summed E-state index contributed by atoms with van der Waals surface area (Å²) < 4.78 is 69.8. The van der Waals surface area contributed by atoms with Crippen LogP contribution in [-0.2, 0) is 5.60 Å². The number of alkyl halides is 3. The molecule has 210 valence electrons. The number of halogens is 6. The largest absolute Gasteiger partial charge is 0.507 e. The number of rotatable bonds is 2. The number of amides is 3. The molecule has 1 aromatic heterocycles. The van der Waals surface area contributed by atoms with Gasteiger partial charge < -0.3 is 20.8 Å². The van der Waals surface area contributed by atoms with E-state index in [2.05, 4.69) is 15.6 Å². The number of pyridine rings is 1. The van der Waals surface area contributed by atoms with Gasteiger partial charge >= 0.3 is 12.2 Å². The molecule has 0 aliphatic carbocycles. The van der Waals surface area contributed by atoms with Crippen molar-refractivity contribution in [3.63, 3.8) is 0 Å². The van der Waals surface area contributed by atoms with Crippen molar-refractivity contribution in [3.05, 3.63) is 93.6 Å². The Labute approximate surface area is 232 Å². The fraction of sp³-hybridized carbons (Fsp3) is 0.148. The topological polar surface area (TPSA) is 115 Å². The van der Waals surface area contributed by atoms with Crippen LogP contribution in [0.2, 0.25) is 5.02 Å². The number of urea groups is 1. The number of anilines is 2. The van der Waals surface area contributed by atoms with Gasteiger partial charge in [-0.2, -0.15) is 13.2 Å². The Morgan fingerprint density at radius 2 is 1.83 bits per heavy atom. The number of hydrogen-bond acceptors (Lipinski definition) is 5. The first-order valence-electron chi connectivity index (χ1n) is 11.9. The van der Waals surface area contributed by atoms with Crippen molar-refractivity contribution >= 4 is 45.8 Å². The van der Waals surface area contributed by atoms with E-state index in [1.165, 1.54) is 24.4 Å². The number of carbonyl (C=O) groups excluding carboxylic acids is 2. The van der Waals surface area contributed by atoms with Crippen molar-refractivity contribution < 1.29 is 41.8 Å². The number of fused-ring (bicyclic) bond motifs is 4. The maximum Gasteiger partial charge on any atom is 0.423 e. The maximum atomic E-state index is 14.2. The predicted molar refractivity (Wildman–Crippen MR) is 137 cm³/mol.